The third-order valence-electron chi connectivity index (χ3n) is 4.42. The highest BCUT2D eigenvalue weighted by Crippen LogP contribution is 2.25. The number of nitrogens with one attached hydrogen (secondary N) is 2. The van der Waals surface area contributed by atoms with E-state index < -0.39 is 0 Å². The Balaban J connectivity index is 1.63. The van der Waals surface area contributed by atoms with Gasteiger partial charge in [-0.05, 0) is 37.6 Å². The average Bonchev–Trinajstić information content (AvgIpc) is 2.66. The molecular formula is C19H24ClN5O2. The number of hydrogen-bond donors (Lipinski definition) is 2. The van der Waals surface area contributed by atoms with Gasteiger partial charge in [-0.1, -0.05) is 17.7 Å². The first kappa shape index (κ1) is 19.5. The molecule has 1 aromatic heterocycles. The number of aromatic nitrogens is 2. The summed E-state index contributed by atoms with van der Waals surface area (Å²) in [6.07, 6.45) is 0. The standard InChI is InChI=1S/C19H24ClN5O2/c1-13-12-17(18(26)21-6-7-25-8-10-27-11-9-25)24-19(22-13)23-16-5-3-4-15(20)14(16)2/h3-5,12H,6-11H2,1-2H3,(H,21,26)(H,22,23,24). The van der Waals surface area contributed by atoms with Gasteiger partial charge in [0.1, 0.15) is 5.69 Å². The van der Waals surface area contributed by atoms with Gasteiger partial charge in [0.15, 0.2) is 0 Å². The van der Waals surface area contributed by atoms with Gasteiger partial charge in [-0.3, -0.25) is 9.69 Å². The number of benzene rings is 1. The van der Waals surface area contributed by atoms with Crippen LogP contribution in [-0.4, -0.2) is 60.2 Å². The molecule has 3 rings (SSSR count). The second kappa shape index (κ2) is 9.12. The fourth-order valence-corrected chi connectivity index (χ4v) is 3.02. The Kier molecular flexibility index (Phi) is 6.60. The maximum Gasteiger partial charge on any atom is 0.270 e. The average molecular weight is 390 g/mol. The maximum absolute atomic E-state index is 12.5. The molecule has 7 nitrogen and oxygen atoms in total. The van der Waals surface area contributed by atoms with Crippen molar-refractivity contribution in [2.45, 2.75) is 13.8 Å². The molecule has 1 amide bonds. The van der Waals surface area contributed by atoms with Crippen LogP contribution in [0.15, 0.2) is 24.3 Å². The summed E-state index contributed by atoms with van der Waals surface area (Å²) >= 11 is 6.16. The molecule has 0 aliphatic carbocycles. The molecule has 1 fully saturated rings. The van der Waals surface area contributed by atoms with Gasteiger partial charge in [0.05, 0.1) is 13.2 Å². The van der Waals surface area contributed by atoms with E-state index in [9.17, 15) is 4.79 Å². The van der Waals surface area contributed by atoms with Gasteiger partial charge in [-0.15, -0.1) is 0 Å². The Morgan fingerprint density at radius 3 is 2.81 bits per heavy atom. The molecule has 0 bridgehead atoms. The molecule has 1 aliphatic heterocycles. The van der Waals surface area contributed by atoms with Crippen molar-refractivity contribution in [2.75, 3.05) is 44.7 Å². The number of ether oxygens (including phenoxy) is 1. The van der Waals surface area contributed by atoms with Crippen molar-refractivity contribution in [2.24, 2.45) is 0 Å². The number of hydrogen-bond acceptors (Lipinski definition) is 6. The van der Waals surface area contributed by atoms with E-state index in [0.29, 0.717) is 28.9 Å². The number of amides is 1. The molecule has 8 heteroatoms. The van der Waals surface area contributed by atoms with Crippen LogP contribution in [-0.2, 0) is 4.74 Å². The highest BCUT2D eigenvalue weighted by molar-refractivity contribution is 6.31. The smallest absolute Gasteiger partial charge is 0.270 e. The van der Waals surface area contributed by atoms with Gasteiger partial charge < -0.3 is 15.4 Å². The zero-order valence-corrected chi connectivity index (χ0v) is 16.3. The Bertz CT molecular complexity index is 809. The van der Waals surface area contributed by atoms with E-state index in [1.165, 1.54) is 0 Å². The normalized spacial score (nSPS) is 14.8. The quantitative estimate of drug-likeness (QED) is 0.790. The number of morpholine rings is 1. The molecule has 0 radical (unpaired) electrons. The van der Waals surface area contributed by atoms with Crippen LogP contribution in [0.5, 0.6) is 0 Å². The largest absolute Gasteiger partial charge is 0.379 e. The van der Waals surface area contributed by atoms with Crippen molar-refractivity contribution in [1.82, 2.24) is 20.2 Å². The summed E-state index contributed by atoms with van der Waals surface area (Å²) in [5, 5.41) is 6.73. The zero-order chi connectivity index (χ0) is 19.2. The molecule has 0 saturated carbocycles. The molecule has 27 heavy (non-hydrogen) atoms. The molecule has 0 atom stereocenters. The molecule has 0 unspecified atom stereocenters. The third-order valence-corrected chi connectivity index (χ3v) is 4.83. The van der Waals surface area contributed by atoms with Gasteiger partial charge in [-0.2, -0.15) is 0 Å². The SMILES string of the molecule is Cc1cc(C(=O)NCCN2CCOCC2)nc(Nc2cccc(Cl)c2C)n1. The monoisotopic (exact) mass is 389 g/mol. The van der Waals surface area contributed by atoms with Crippen LogP contribution in [0.3, 0.4) is 0 Å². The lowest BCUT2D eigenvalue weighted by molar-refractivity contribution is 0.0383. The molecule has 0 spiro atoms. The summed E-state index contributed by atoms with van der Waals surface area (Å²) in [6, 6.07) is 7.26. The second-order valence-corrected chi connectivity index (χ2v) is 6.87. The van der Waals surface area contributed by atoms with E-state index in [-0.39, 0.29) is 5.91 Å². The van der Waals surface area contributed by atoms with E-state index >= 15 is 0 Å². The molecule has 1 aliphatic rings. The molecule has 1 aromatic carbocycles. The van der Waals surface area contributed by atoms with Crippen molar-refractivity contribution in [3.05, 3.63) is 46.2 Å². The number of rotatable bonds is 6. The fourth-order valence-electron chi connectivity index (χ4n) is 2.85. The Morgan fingerprint density at radius 2 is 2.04 bits per heavy atom. The molecule has 2 N–H and O–H groups in total. The van der Waals surface area contributed by atoms with Crippen molar-refractivity contribution in [1.29, 1.82) is 0 Å². The number of nitrogens with zero attached hydrogens (tertiary/aromatic N) is 3. The van der Waals surface area contributed by atoms with Crippen molar-refractivity contribution in [3.8, 4) is 0 Å². The van der Waals surface area contributed by atoms with Crippen LogP contribution < -0.4 is 10.6 Å². The highest BCUT2D eigenvalue weighted by atomic mass is 35.5. The lowest BCUT2D eigenvalue weighted by Gasteiger charge is -2.26. The highest BCUT2D eigenvalue weighted by Gasteiger charge is 2.13. The third kappa shape index (κ3) is 5.38. The van der Waals surface area contributed by atoms with E-state index in [0.717, 1.165) is 44.1 Å². The van der Waals surface area contributed by atoms with E-state index in [4.69, 9.17) is 16.3 Å². The van der Waals surface area contributed by atoms with Crippen LogP contribution in [0.2, 0.25) is 5.02 Å². The molecule has 1 saturated heterocycles. The van der Waals surface area contributed by atoms with Gasteiger partial charge in [0, 0.05) is 42.6 Å². The van der Waals surface area contributed by atoms with Crippen molar-refractivity contribution >= 4 is 29.1 Å². The first-order valence-electron chi connectivity index (χ1n) is 8.99. The van der Waals surface area contributed by atoms with Crippen molar-refractivity contribution < 1.29 is 9.53 Å². The summed E-state index contributed by atoms with van der Waals surface area (Å²) in [7, 11) is 0. The predicted octanol–water partition coefficient (Wildman–Crippen LogP) is 2.55. The molecule has 2 aromatic rings. The van der Waals surface area contributed by atoms with Crippen molar-refractivity contribution in [3.63, 3.8) is 0 Å². The van der Waals surface area contributed by atoms with Crippen LogP contribution in [0.25, 0.3) is 0 Å². The van der Waals surface area contributed by atoms with Crippen LogP contribution in [0, 0.1) is 13.8 Å². The molecule has 144 valence electrons. The minimum Gasteiger partial charge on any atom is -0.379 e. The first-order chi connectivity index (χ1) is 13.0. The van der Waals surface area contributed by atoms with E-state index in [2.05, 4.69) is 25.5 Å². The minimum atomic E-state index is -0.209. The summed E-state index contributed by atoms with van der Waals surface area (Å²) < 4.78 is 5.33. The first-order valence-corrected chi connectivity index (χ1v) is 9.37. The van der Waals surface area contributed by atoms with Gasteiger partial charge in [0.25, 0.3) is 5.91 Å². The number of aryl methyl sites for hydroxylation is 1. The van der Waals surface area contributed by atoms with Gasteiger partial charge in [-0.25, -0.2) is 9.97 Å². The van der Waals surface area contributed by atoms with Crippen LogP contribution in [0.4, 0.5) is 11.6 Å². The Morgan fingerprint density at radius 1 is 1.26 bits per heavy atom. The Labute approximate surface area is 164 Å². The maximum atomic E-state index is 12.5. The van der Waals surface area contributed by atoms with E-state index in [1.807, 2.05) is 32.0 Å². The topological polar surface area (TPSA) is 79.4 Å². The fraction of sp³-hybridized carbons (Fsp3) is 0.421. The number of anilines is 2. The summed E-state index contributed by atoms with van der Waals surface area (Å²) in [5.74, 6) is 0.165. The molecule has 2 heterocycles. The minimum absolute atomic E-state index is 0.209. The zero-order valence-electron chi connectivity index (χ0n) is 15.6. The lowest BCUT2D eigenvalue weighted by Crippen LogP contribution is -2.41. The van der Waals surface area contributed by atoms with Gasteiger partial charge in [0.2, 0.25) is 5.95 Å². The summed E-state index contributed by atoms with van der Waals surface area (Å²) in [5.41, 5.74) is 2.77. The predicted molar refractivity (Wildman–Crippen MR) is 106 cm³/mol. The van der Waals surface area contributed by atoms with Gasteiger partial charge >= 0.3 is 0 Å². The van der Waals surface area contributed by atoms with E-state index in [1.54, 1.807) is 6.07 Å². The van der Waals surface area contributed by atoms with Crippen LogP contribution >= 0.6 is 11.6 Å². The number of carbonyl (C=O) groups is 1. The van der Waals surface area contributed by atoms with Crippen LogP contribution in [0.1, 0.15) is 21.7 Å². The summed E-state index contributed by atoms with van der Waals surface area (Å²) in [6.45, 7) is 8.41. The molecular weight excluding hydrogens is 366 g/mol. The number of carbonyl (C=O) groups excluding carboxylic acids is 1. The second-order valence-electron chi connectivity index (χ2n) is 6.47. The number of halogens is 1. The Hall–Kier alpha value is -2.22. The summed E-state index contributed by atoms with van der Waals surface area (Å²) in [4.78, 5) is 23.5. The lowest BCUT2D eigenvalue weighted by atomic mass is 10.2.